The van der Waals surface area contributed by atoms with Gasteiger partial charge in [0.15, 0.2) is 0 Å². The molecule has 0 radical (unpaired) electrons. The molecular formula is C24H40O8Si2. The molecule has 0 aromatic rings. The van der Waals surface area contributed by atoms with Crippen LogP contribution in [0.3, 0.4) is 0 Å². The van der Waals surface area contributed by atoms with Crippen molar-refractivity contribution in [1.29, 1.82) is 0 Å². The zero-order chi connectivity index (χ0) is 26.4. The molecule has 0 unspecified atom stereocenters. The summed E-state index contributed by atoms with van der Waals surface area (Å²) in [6.45, 7) is 12.8. The number of carbonyl (C=O) groups excluding carboxylic acids is 4. The van der Waals surface area contributed by atoms with E-state index in [-0.39, 0.29) is 35.1 Å². The third-order valence-electron chi connectivity index (χ3n) is 5.76. The van der Waals surface area contributed by atoms with Crippen LogP contribution in [0.25, 0.3) is 0 Å². The van der Waals surface area contributed by atoms with Gasteiger partial charge in [0.1, 0.15) is 0 Å². The molecular weight excluding hydrogens is 472 g/mol. The first-order chi connectivity index (χ1) is 15.6. The lowest BCUT2D eigenvalue weighted by Gasteiger charge is -2.34. The molecule has 0 heterocycles. The summed E-state index contributed by atoms with van der Waals surface area (Å²) >= 11 is 0. The molecule has 0 N–H and O–H groups in total. The van der Waals surface area contributed by atoms with Crippen LogP contribution in [0.1, 0.15) is 12.8 Å². The molecule has 0 aliphatic heterocycles. The van der Waals surface area contributed by atoms with Gasteiger partial charge >= 0.3 is 23.9 Å². The first-order valence-corrected chi connectivity index (χ1v) is 18.8. The molecule has 192 valence electrons. The third-order valence-corrected chi connectivity index (χ3v) is 9.19. The summed E-state index contributed by atoms with van der Waals surface area (Å²) in [5.74, 6) is -3.55. The van der Waals surface area contributed by atoms with E-state index in [1.165, 1.54) is 28.4 Å². The molecule has 0 saturated heterocycles. The van der Waals surface area contributed by atoms with Crippen molar-refractivity contribution in [2.45, 2.75) is 64.2 Å². The number of hydrogen-bond donors (Lipinski definition) is 0. The van der Waals surface area contributed by atoms with Crippen molar-refractivity contribution in [3.05, 3.63) is 22.3 Å². The second-order valence-corrected chi connectivity index (χ2v) is 22.1. The van der Waals surface area contributed by atoms with Crippen molar-refractivity contribution in [2.75, 3.05) is 28.4 Å². The quantitative estimate of drug-likeness (QED) is 0.273. The monoisotopic (exact) mass is 512 g/mol. The molecule has 34 heavy (non-hydrogen) atoms. The van der Waals surface area contributed by atoms with E-state index in [9.17, 15) is 19.2 Å². The van der Waals surface area contributed by atoms with Gasteiger partial charge in [0.05, 0.1) is 39.6 Å². The molecule has 1 rings (SSSR count). The highest BCUT2D eigenvalue weighted by molar-refractivity contribution is 6.76. The minimum atomic E-state index is -1.82. The molecule has 0 saturated carbocycles. The molecule has 0 amide bonds. The SMILES string of the molecule is COC(=O)/C1=C(\C(=O)OC)[C@@H](C[Si](C)(C)C)C/C(C(=O)OC)=C(/C(=O)OC)[C@@H](C[Si](C)(C)C)C1. The minimum Gasteiger partial charge on any atom is -0.466 e. The summed E-state index contributed by atoms with van der Waals surface area (Å²) in [6.07, 6.45) is 0.128. The molecule has 1 aliphatic rings. The summed E-state index contributed by atoms with van der Waals surface area (Å²) < 4.78 is 20.4. The summed E-state index contributed by atoms with van der Waals surface area (Å²) in [5, 5.41) is 0. The van der Waals surface area contributed by atoms with Crippen LogP contribution in [-0.4, -0.2) is 68.5 Å². The van der Waals surface area contributed by atoms with Gasteiger partial charge in [0.2, 0.25) is 0 Å². The smallest absolute Gasteiger partial charge is 0.334 e. The third kappa shape index (κ3) is 7.94. The van der Waals surface area contributed by atoms with E-state index >= 15 is 0 Å². The van der Waals surface area contributed by atoms with E-state index in [1.54, 1.807) is 0 Å². The van der Waals surface area contributed by atoms with E-state index in [1.807, 2.05) is 0 Å². The fourth-order valence-electron chi connectivity index (χ4n) is 4.67. The van der Waals surface area contributed by atoms with Crippen LogP contribution in [-0.2, 0) is 38.1 Å². The first kappa shape index (κ1) is 29.8. The van der Waals surface area contributed by atoms with Gasteiger partial charge in [-0.05, 0) is 24.7 Å². The number of esters is 4. The summed E-state index contributed by atoms with van der Waals surface area (Å²) in [7, 11) is 1.42. The highest BCUT2D eigenvalue weighted by Gasteiger charge is 2.42. The maximum atomic E-state index is 13.1. The highest BCUT2D eigenvalue weighted by atomic mass is 28.3. The Morgan fingerprint density at radius 3 is 1.06 bits per heavy atom. The van der Waals surface area contributed by atoms with Crippen molar-refractivity contribution < 1.29 is 38.1 Å². The number of carbonyl (C=O) groups is 4. The van der Waals surface area contributed by atoms with Crippen molar-refractivity contribution in [3.63, 3.8) is 0 Å². The van der Waals surface area contributed by atoms with Crippen LogP contribution in [0, 0.1) is 11.8 Å². The van der Waals surface area contributed by atoms with Gasteiger partial charge in [-0.1, -0.05) is 51.4 Å². The van der Waals surface area contributed by atoms with Crippen molar-refractivity contribution >= 4 is 40.0 Å². The number of ether oxygens (including phenoxy) is 4. The molecule has 1 aliphatic carbocycles. The van der Waals surface area contributed by atoms with Gasteiger partial charge in [-0.2, -0.15) is 0 Å². The topological polar surface area (TPSA) is 105 Å². The maximum Gasteiger partial charge on any atom is 0.334 e. The van der Waals surface area contributed by atoms with Crippen molar-refractivity contribution in [3.8, 4) is 0 Å². The lowest BCUT2D eigenvalue weighted by molar-refractivity contribution is -0.141. The molecule has 0 spiro atoms. The average Bonchev–Trinajstić information content (AvgIpc) is 2.72. The second kappa shape index (κ2) is 12.0. The molecule has 10 heteroatoms. The average molecular weight is 513 g/mol. The van der Waals surface area contributed by atoms with Crippen molar-refractivity contribution in [1.82, 2.24) is 0 Å². The van der Waals surface area contributed by atoms with Gasteiger partial charge in [-0.15, -0.1) is 0 Å². The fraction of sp³-hybridized carbons (Fsp3) is 0.667. The summed E-state index contributed by atoms with van der Waals surface area (Å²) in [4.78, 5) is 52.2. The Labute approximate surface area is 205 Å². The minimum absolute atomic E-state index is 0.0640. The standard InChI is InChI=1S/C24H40O8Si2/c1-29-21(25)17-11-15(13-33(5,6)7)20(24(28)32-4)18(22(26)30-2)12-16(14-34(8,9)10)19(17)23(27)31-3/h15-16H,11-14H2,1-10H3/b19-17-,20-18-/t15-,16-/m1/s1. The molecule has 2 atom stereocenters. The lowest BCUT2D eigenvalue weighted by atomic mass is 9.78. The molecule has 0 aromatic heterocycles. The molecule has 0 bridgehead atoms. The van der Waals surface area contributed by atoms with Crippen LogP contribution < -0.4 is 0 Å². The summed E-state index contributed by atoms with van der Waals surface area (Å²) in [5.41, 5.74) is 0.850. The van der Waals surface area contributed by atoms with Crippen molar-refractivity contribution in [2.24, 2.45) is 11.8 Å². The predicted molar refractivity (Wildman–Crippen MR) is 135 cm³/mol. The van der Waals surface area contributed by atoms with E-state index in [0.29, 0.717) is 12.1 Å². The number of methoxy groups -OCH3 is 4. The van der Waals surface area contributed by atoms with E-state index in [2.05, 4.69) is 39.3 Å². The predicted octanol–water partition coefficient (Wildman–Crippen LogP) is 3.97. The largest absolute Gasteiger partial charge is 0.466 e. The van der Waals surface area contributed by atoms with Crippen LogP contribution in [0.4, 0.5) is 0 Å². The van der Waals surface area contributed by atoms with E-state index in [0.717, 1.165) is 0 Å². The molecule has 0 aromatic carbocycles. The van der Waals surface area contributed by atoms with Crippen LogP contribution in [0.15, 0.2) is 22.3 Å². The highest BCUT2D eigenvalue weighted by Crippen LogP contribution is 2.42. The van der Waals surface area contributed by atoms with Gasteiger partial charge in [0, 0.05) is 27.3 Å². The van der Waals surface area contributed by atoms with Gasteiger partial charge in [-0.3, -0.25) is 0 Å². The Balaban J connectivity index is 4.08. The Morgan fingerprint density at radius 2 is 0.853 bits per heavy atom. The Hall–Kier alpha value is -2.21. The number of rotatable bonds is 8. The fourth-order valence-corrected chi connectivity index (χ4v) is 8.32. The van der Waals surface area contributed by atoms with Gasteiger partial charge < -0.3 is 18.9 Å². The Kier molecular flexibility index (Phi) is 10.5. The van der Waals surface area contributed by atoms with Gasteiger partial charge in [-0.25, -0.2) is 19.2 Å². The summed E-state index contributed by atoms with van der Waals surface area (Å²) in [6, 6.07) is 1.18. The second-order valence-electron chi connectivity index (χ2n) is 11.1. The lowest BCUT2D eigenvalue weighted by Crippen LogP contribution is -2.35. The zero-order valence-electron chi connectivity index (χ0n) is 22.2. The first-order valence-electron chi connectivity index (χ1n) is 11.4. The zero-order valence-corrected chi connectivity index (χ0v) is 24.2. The van der Waals surface area contributed by atoms with E-state index < -0.39 is 51.9 Å². The van der Waals surface area contributed by atoms with Crippen LogP contribution >= 0.6 is 0 Å². The van der Waals surface area contributed by atoms with E-state index in [4.69, 9.17) is 18.9 Å². The number of hydrogen-bond acceptors (Lipinski definition) is 8. The maximum absolute atomic E-state index is 13.1. The Morgan fingerprint density at radius 1 is 0.588 bits per heavy atom. The van der Waals surface area contributed by atoms with Gasteiger partial charge in [0.25, 0.3) is 0 Å². The normalized spacial score (nSPS) is 23.9. The molecule has 8 nitrogen and oxygen atoms in total. The van der Waals surface area contributed by atoms with Crippen LogP contribution in [0.5, 0.6) is 0 Å². The van der Waals surface area contributed by atoms with Crippen LogP contribution in [0.2, 0.25) is 51.4 Å². The Bertz CT molecular complexity index is 802. The molecule has 0 fully saturated rings.